The summed E-state index contributed by atoms with van der Waals surface area (Å²) in [5.74, 6) is 6.58. The summed E-state index contributed by atoms with van der Waals surface area (Å²) in [5.41, 5.74) is 3.62. The minimum atomic E-state index is -0.0860. The second kappa shape index (κ2) is 4.67. The molecule has 0 atom stereocenters. The maximum absolute atomic E-state index is 9.23. The van der Waals surface area contributed by atoms with Crippen LogP contribution in [0, 0.1) is 5.92 Å². The molecule has 0 spiro atoms. The number of nitrogen functional groups attached to an aromatic ring is 1. The largest absolute Gasteiger partial charge is 0.393 e. The number of aromatic nitrogens is 1. The van der Waals surface area contributed by atoms with Crippen LogP contribution in [0.15, 0.2) is 18.3 Å². The average molecular weight is 222 g/mol. The first-order chi connectivity index (χ1) is 7.69. The summed E-state index contributed by atoms with van der Waals surface area (Å²) >= 11 is 0. The molecule has 1 saturated carbocycles. The van der Waals surface area contributed by atoms with E-state index in [9.17, 15) is 5.11 Å². The molecule has 5 nitrogen and oxygen atoms in total. The molecule has 1 aromatic rings. The summed E-state index contributed by atoms with van der Waals surface area (Å²) in [5, 5.41) is 9.23. The van der Waals surface area contributed by atoms with Gasteiger partial charge in [-0.25, -0.2) is 10.8 Å². The van der Waals surface area contributed by atoms with Crippen LogP contribution in [0.25, 0.3) is 0 Å². The molecule has 5 heteroatoms. The molecular formula is C11H18N4O. The number of aliphatic hydroxyl groups is 1. The zero-order chi connectivity index (χ0) is 11.5. The van der Waals surface area contributed by atoms with Crippen LogP contribution in [0.5, 0.6) is 0 Å². The van der Waals surface area contributed by atoms with Crippen LogP contribution >= 0.6 is 0 Å². The van der Waals surface area contributed by atoms with E-state index in [0.29, 0.717) is 11.7 Å². The summed E-state index contributed by atoms with van der Waals surface area (Å²) in [6.45, 7) is 0.963. The molecule has 0 unspecified atom stereocenters. The van der Waals surface area contributed by atoms with Crippen LogP contribution in [0.4, 0.5) is 11.5 Å². The number of hydrogen-bond donors (Lipinski definition) is 3. The third-order valence-electron chi connectivity index (χ3n) is 3.08. The lowest BCUT2D eigenvalue weighted by Gasteiger charge is -2.35. The first-order valence-corrected chi connectivity index (χ1v) is 5.51. The first kappa shape index (κ1) is 11.2. The van der Waals surface area contributed by atoms with Crippen molar-refractivity contribution in [2.75, 3.05) is 23.9 Å². The van der Waals surface area contributed by atoms with Crippen molar-refractivity contribution in [2.24, 2.45) is 11.8 Å². The Bertz CT molecular complexity index is 352. The minimum Gasteiger partial charge on any atom is -0.393 e. The van der Waals surface area contributed by atoms with Crippen LogP contribution in [0.3, 0.4) is 0 Å². The quantitative estimate of drug-likeness (QED) is 0.513. The van der Waals surface area contributed by atoms with Crippen molar-refractivity contribution in [3.63, 3.8) is 0 Å². The van der Waals surface area contributed by atoms with E-state index in [-0.39, 0.29) is 6.10 Å². The van der Waals surface area contributed by atoms with Gasteiger partial charge in [-0.2, -0.15) is 0 Å². The maximum Gasteiger partial charge on any atom is 0.141 e. The standard InChI is InChI=1S/C11H18N4O/c1-15(7-8-4-10(16)5-8)9-2-3-13-11(6-9)14-12/h2-3,6,8,10,16H,4-5,7,12H2,1H3,(H,13,14). The van der Waals surface area contributed by atoms with Gasteiger partial charge < -0.3 is 15.4 Å². The topological polar surface area (TPSA) is 74.4 Å². The van der Waals surface area contributed by atoms with Crippen LogP contribution in [0.1, 0.15) is 12.8 Å². The Balaban J connectivity index is 1.94. The summed E-state index contributed by atoms with van der Waals surface area (Å²) in [6.07, 6.45) is 3.47. The van der Waals surface area contributed by atoms with E-state index in [1.54, 1.807) is 6.20 Å². The van der Waals surface area contributed by atoms with Gasteiger partial charge in [0.15, 0.2) is 0 Å². The normalized spacial score (nSPS) is 23.7. The van der Waals surface area contributed by atoms with E-state index in [1.807, 2.05) is 19.2 Å². The van der Waals surface area contributed by atoms with Gasteiger partial charge in [0, 0.05) is 31.5 Å². The predicted molar refractivity (Wildman–Crippen MR) is 64.0 cm³/mol. The first-order valence-electron chi connectivity index (χ1n) is 5.51. The average Bonchev–Trinajstić information content (AvgIpc) is 2.27. The van der Waals surface area contributed by atoms with Gasteiger partial charge in [0.1, 0.15) is 5.82 Å². The van der Waals surface area contributed by atoms with Crippen LogP contribution in [-0.4, -0.2) is 29.8 Å². The summed E-state index contributed by atoms with van der Waals surface area (Å²) in [4.78, 5) is 6.23. The van der Waals surface area contributed by atoms with Crippen molar-refractivity contribution in [1.29, 1.82) is 0 Å². The molecule has 1 aromatic heterocycles. The molecule has 1 heterocycles. The molecule has 0 saturated heterocycles. The molecule has 0 bridgehead atoms. The van der Waals surface area contributed by atoms with Gasteiger partial charge in [-0.05, 0) is 24.8 Å². The van der Waals surface area contributed by atoms with Gasteiger partial charge in [0.2, 0.25) is 0 Å². The Labute approximate surface area is 95.2 Å². The Kier molecular flexibility index (Phi) is 3.26. The number of nitrogens with zero attached hydrogens (tertiary/aromatic N) is 2. The van der Waals surface area contributed by atoms with Crippen molar-refractivity contribution in [2.45, 2.75) is 18.9 Å². The molecular weight excluding hydrogens is 204 g/mol. The molecule has 0 amide bonds. The number of nitrogens with two attached hydrogens (primary N) is 1. The van der Waals surface area contributed by atoms with E-state index in [0.717, 1.165) is 25.1 Å². The number of hydrazine groups is 1. The van der Waals surface area contributed by atoms with Gasteiger partial charge >= 0.3 is 0 Å². The number of hydrogen-bond acceptors (Lipinski definition) is 5. The lowest BCUT2D eigenvalue weighted by molar-refractivity contribution is 0.0465. The zero-order valence-corrected chi connectivity index (χ0v) is 9.43. The fraction of sp³-hybridized carbons (Fsp3) is 0.545. The van der Waals surface area contributed by atoms with E-state index in [4.69, 9.17) is 5.84 Å². The van der Waals surface area contributed by atoms with Crippen molar-refractivity contribution < 1.29 is 5.11 Å². The van der Waals surface area contributed by atoms with Gasteiger partial charge in [0.05, 0.1) is 6.10 Å². The number of rotatable bonds is 4. The highest BCUT2D eigenvalue weighted by atomic mass is 16.3. The third-order valence-corrected chi connectivity index (χ3v) is 3.08. The van der Waals surface area contributed by atoms with Gasteiger partial charge in [-0.3, -0.25) is 0 Å². The lowest BCUT2D eigenvalue weighted by Crippen LogP contribution is -2.37. The fourth-order valence-electron chi connectivity index (χ4n) is 2.08. The molecule has 1 fully saturated rings. The van der Waals surface area contributed by atoms with Crippen molar-refractivity contribution >= 4 is 11.5 Å². The molecule has 4 N–H and O–H groups in total. The van der Waals surface area contributed by atoms with Crippen molar-refractivity contribution in [3.05, 3.63) is 18.3 Å². The molecule has 1 aliphatic rings. The smallest absolute Gasteiger partial charge is 0.141 e. The van der Waals surface area contributed by atoms with E-state index >= 15 is 0 Å². The van der Waals surface area contributed by atoms with Crippen LogP contribution < -0.4 is 16.2 Å². The van der Waals surface area contributed by atoms with Gasteiger partial charge in [0.25, 0.3) is 0 Å². The number of aliphatic hydroxyl groups excluding tert-OH is 1. The summed E-state index contributed by atoms with van der Waals surface area (Å²) in [7, 11) is 2.04. The Hall–Kier alpha value is -1.33. The SMILES string of the molecule is CN(CC1CC(O)C1)c1ccnc(NN)c1. The minimum absolute atomic E-state index is 0.0860. The maximum atomic E-state index is 9.23. The summed E-state index contributed by atoms with van der Waals surface area (Å²) < 4.78 is 0. The number of nitrogens with one attached hydrogen (secondary N) is 1. The van der Waals surface area contributed by atoms with Gasteiger partial charge in [-0.15, -0.1) is 0 Å². The molecule has 16 heavy (non-hydrogen) atoms. The molecule has 0 aromatic carbocycles. The van der Waals surface area contributed by atoms with Crippen LogP contribution in [0.2, 0.25) is 0 Å². The second-order valence-corrected chi connectivity index (χ2v) is 4.42. The molecule has 1 aliphatic carbocycles. The van der Waals surface area contributed by atoms with E-state index < -0.39 is 0 Å². The van der Waals surface area contributed by atoms with Gasteiger partial charge in [-0.1, -0.05) is 0 Å². The Morgan fingerprint density at radius 1 is 1.62 bits per heavy atom. The third kappa shape index (κ3) is 2.43. The number of anilines is 2. The lowest BCUT2D eigenvalue weighted by atomic mass is 9.82. The highest BCUT2D eigenvalue weighted by molar-refractivity contribution is 5.52. The molecule has 2 rings (SSSR count). The van der Waals surface area contributed by atoms with E-state index in [2.05, 4.69) is 15.3 Å². The monoisotopic (exact) mass is 222 g/mol. The second-order valence-electron chi connectivity index (χ2n) is 4.42. The Morgan fingerprint density at radius 2 is 2.38 bits per heavy atom. The summed E-state index contributed by atoms with van der Waals surface area (Å²) in [6, 6.07) is 3.87. The highest BCUT2D eigenvalue weighted by Gasteiger charge is 2.27. The molecule has 0 radical (unpaired) electrons. The zero-order valence-electron chi connectivity index (χ0n) is 9.43. The van der Waals surface area contributed by atoms with Crippen LogP contribution in [-0.2, 0) is 0 Å². The van der Waals surface area contributed by atoms with Crippen molar-refractivity contribution in [3.8, 4) is 0 Å². The van der Waals surface area contributed by atoms with E-state index in [1.165, 1.54) is 0 Å². The fourth-order valence-corrected chi connectivity index (χ4v) is 2.08. The molecule has 0 aliphatic heterocycles. The number of pyridine rings is 1. The van der Waals surface area contributed by atoms with Crippen molar-refractivity contribution in [1.82, 2.24) is 4.98 Å². The highest BCUT2D eigenvalue weighted by Crippen LogP contribution is 2.29. The molecule has 88 valence electrons. The predicted octanol–water partition coefficient (Wildman–Crippen LogP) is 0.574. The Morgan fingerprint density at radius 3 is 3.00 bits per heavy atom.